The topological polar surface area (TPSA) is 90.1 Å². The summed E-state index contributed by atoms with van der Waals surface area (Å²) < 4.78 is 0. The van der Waals surface area contributed by atoms with Crippen molar-refractivity contribution < 1.29 is 0 Å². The molecule has 0 bridgehead atoms. The predicted molar refractivity (Wildman–Crippen MR) is 35.7 cm³/mol. The fraction of sp³-hybridized carbons (Fsp3) is 0.200. The summed E-state index contributed by atoms with van der Waals surface area (Å²) in [6, 6.07) is 0. The molecule has 7 N–H and O–H groups in total. The Morgan fingerprint density at radius 1 is 1.33 bits per heavy atom. The van der Waals surface area contributed by atoms with Crippen molar-refractivity contribution in [1.29, 1.82) is 0 Å². The molecule has 1 heterocycles. The standard InChI is InChI=1S/C5H10N4/c6-3-1-2-9-5(8)4(3)7/h1,9H,2,6-8H2. The Bertz CT molecular complexity index is 179. The van der Waals surface area contributed by atoms with Crippen molar-refractivity contribution in [3.8, 4) is 0 Å². The van der Waals surface area contributed by atoms with E-state index in [1.807, 2.05) is 0 Å². The monoisotopic (exact) mass is 126 g/mol. The van der Waals surface area contributed by atoms with Gasteiger partial charge < -0.3 is 22.5 Å². The first-order valence-corrected chi connectivity index (χ1v) is 2.67. The lowest BCUT2D eigenvalue weighted by atomic mass is 10.2. The molecule has 0 radical (unpaired) electrons. The molecule has 9 heavy (non-hydrogen) atoms. The van der Waals surface area contributed by atoms with Crippen molar-refractivity contribution in [2.24, 2.45) is 17.2 Å². The van der Waals surface area contributed by atoms with Gasteiger partial charge in [0.1, 0.15) is 5.82 Å². The molecule has 0 unspecified atom stereocenters. The molecule has 0 aliphatic carbocycles. The SMILES string of the molecule is NC1=CCNC(N)=C1N. The molecule has 0 aromatic carbocycles. The van der Waals surface area contributed by atoms with Crippen LogP contribution in [0, 0.1) is 0 Å². The minimum absolute atomic E-state index is 0.446. The van der Waals surface area contributed by atoms with E-state index >= 15 is 0 Å². The largest absolute Gasteiger partial charge is 0.397 e. The fourth-order valence-electron chi connectivity index (χ4n) is 0.632. The maximum Gasteiger partial charge on any atom is 0.122 e. The van der Waals surface area contributed by atoms with Crippen LogP contribution in [0.25, 0.3) is 0 Å². The highest BCUT2D eigenvalue weighted by atomic mass is 15.0. The van der Waals surface area contributed by atoms with E-state index in [0.29, 0.717) is 23.8 Å². The van der Waals surface area contributed by atoms with E-state index in [4.69, 9.17) is 17.2 Å². The normalized spacial score (nSPS) is 18.9. The van der Waals surface area contributed by atoms with Crippen molar-refractivity contribution >= 4 is 0 Å². The molecule has 0 saturated heterocycles. The van der Waals surface area contributed by atoms with Crippen molar-refractivity contribution in [1.82, 2.24) is 5.32 Å². The maximum absolute atomic E-state index is 5.43. The van der Waals surface area contributed by atoms with Crippen LogP contribution in [0.1, 0.15) is 0 Å². The fourth-order valence-corrected chi connectivity index (χ4v) is 0.632. The third-order valence-electron chi connectivity index (χ3n) is 1.22. The highest BCUT2D eigenvalue weighted by Crippen LogP contribution is 2.00. The molecular weight excluding hydrogens is 116 g/mol. The van der Waals surface area contributed by atoms with E-state index in [0.717, 1.165) is 0 Å². The van der Waals surface area contributed by atoms with E-state index < -0.39 is 0 Å². The Labute approximate surface area is 53.4 Å². The van der Waals surface area contributed by atoms with E-state index in [-0.39, 0.29) is 0 Å². The Kier molecular flexibility index (Phi) is 1.22. The predicted octanol–water partition coefficient (Wildman–Crippen LogP) is -1.48. The molecule has 0 spiro atoms. The molecule has 0 aromatic heterocycles. The number of hydrogen-bond donors (Lipinski definition) is 4. The van der Waals surface area contributed by atoms with Crippen LogP contribution >= 0.6 is 0 Å². The zero-order valence-electron chi connectivity index (χ0n) is 5.02. The van der Waals surface area contributed by atoms with Crippen LogP contribution in [0.3, 0.4) is 0 Å². The average molecular weight is 126 g/mol. The molecule has 50 valence electrons. The van der Waals surface area contributed by atoms with Gasteiger partial charge in [0.15, 0.2) is 0 Å². The molecule has 0 fully saturated rings. The summed E-state index contributed by atoms with van der Waals surface area (Å²) in [4.78, 5) is 0. The van der Waals surface area contributed by atoms with Gasteiger partial charge in [-0.05, 0) is 6.08 Å². The van der Waals surface area contributed by atoms with Crippen LogP contribution in [0.5, 0.6) is 0 Å². The van der Waals surface area contributed by atoms with Gasteiger partial charge in [-0.25, -0.2) is 0 Å². The number of dihydropyridines is 1. The summed E-state index contributed by atoms with van der Waals surface area (Å²) >= 11 is 0. The van der Waals surface area contributed by atoms with Crippen molar-refractivity contribution in [2.75, 3.05) is 6.54 Å². The van der Waals surface area contributed by atoms with Gasteiger partial charge in [-0.15, -0.1) is 0 Å². The third-order valence-corrected chi connectivity index (χ3v) is 1.22. The van der Waals surface area contributed by atoms with Crippen LogP contribution in [-0.2, 0) is 0 Å². The highest BCUT2D eigenvalue weighted by molar-refractivity contribution is 5.31. The van der Waals surface area contributed by atoms with Crippen molar-refractivity contribution in [3.63, 3.8) is 0 Å². The third kappa shape index (κ3) is 0.910. The quantitative estimate of drug-likeness (QED) is 0.318. The zero-order chi connectivity index (χ0) is 6.85. The van der Waals surface area contributed by atoms with Gasteiger partial charge in [0.05, 0.1) is 11.4 Å². The smallest absolute Gasteiger partial charge is 0.122 e. The second-order valence-electron chi connectivity index (χ2n) is 1.87. The van der Waals surface area contributed by atoms with Crippen molar-refractivity contribution in [2.45, 2.75) is 0 Å². The Morgan fingerprint density at radius 2 is 2.00 bits per heavy atom. The van der Waals surface area contributed by atoms with Gasteiger partial charge in [0, 0.05) is 6.54 Å². The summed E-state index contributed by atoms with van der Waals surface area (Å²) in [6.45, 7) is 0.665. The van der Waals surface area contributed by atoms with Crippen LogP contribution in [0.2, 0.25) is 0 Å². The summed E-state index contributed by atoms with van der Waals surface area (Å²) in [5.74, 6) is 0.468. The summed E-state index contributed by atoms with van der Waals surface area (Å²) in [6.07, 6.45) is 1.78. The van der Waals surface area contributed by atoms with E-state index in [9.17, 15) is 0 Å². The van der Waals surface area contributed by atoms with Gasteiger partial charge in [-0.2, -0.15) is 0 Å². The highest BCUT2D eigenvalue weighted by Gasteiger charge is 2.04. The molecule has 0 aromatic rings. The second-order valence-corrected chi connectivity index (χ2v) is 1.87. The van der Waals surface area contributed by atoms with E-state index in [1.165, 1.54) is 0 Å². The maximum atomic E-state index is 5.43. The molecule has 0 amide bonds. The van der Waals surface area contributed by atoms with E-state index in [1.54, 1.807) is 6.08 Å². The number of nitrogens with two attached hydrogens (primary N) is 3. The Hall–Kier alpha value is -1.32. The van der Waals surface area contributed by atoms with Gasteiger partial charge in [-0.3, -0.25) is 0 Å². The summed E-state index contributed by atoms with van der Waals surface area (Å²) in [7, 11) is 0. The van der Waals surface area contributed by atoms with Crippen LogP contribution in [0.15, 0.2) is 23.3 Å². The minimum atomic E-state index is 0.446. The zero-order valence-corrected chi connectivity index (χ0v) is 5.02. The molecule has 1 aliphatic rings. The second kappa shape index (κ2) is 1.89. The summed E-state index contributed by atoms with van der Waals surface area (Å²) in [5.41, 5.74) is 17.2. The number of rotatable bonds is 0. The molecule has 0 atom stereocenters. The Morgan fingerprint density at radius 3 is 2.44 bits per heavy atom. The van der Waals surface area contributed by atoms with Crippen LogP contribution in [0.4, 0.5) is 0 Å². The van der Waals surface area contributed by atoms with Gasteiger partial charge in [-0.1, -0.05) is 0 Å². The lowest BCUT2D eigenvalue weighted by Crippen LogP contribution is -2.31. The minimum Gasteiger partial charge on any atom is -0.397 e. The number of hydrogen-bond acceptors (Lipinski definition) is 4. The van der Waals surface area contributed by atoms with Gasteiger partial charge in [0.2, 0.25) is 0 Å². The van der Waals surface area contributed by atoms with E-state index in [2.05, 4.69) is 5.32 Å². The molecule has 1 aliphatic heterocycles. The molecular formula is C5H10N4. The first-order chi connectivity index (χ1) is 4.22. The number of nitrogens with one attached hydrogen (secondary N) is 1. The summed E-state index contributed by atoms with van der Waals surface area (Å²) in [5, 5.41) is 2.84. The molecule has 4 nitrogen and oxygen atoms in total. The first-order valence-electron chi connectivity index (χ1n) is 2.67. The molecule has 1 rings (SSSR count). The molecule has 0 saturated carbocycles. The Balaban J connectivity index is 2.88. The lowest BCUT2D eigenvalue weighted by molar-refractivity contribution is 0.831. The van der Waals surface area contributed by atoms with Crippen LogP contribution in [-0.4, -0.2) is 6.54 Å². The first kappa shape index (κ1) is 5.81. The lowest BCUT2D eigenvalue weighted by Gasteiger charge is -2.13. The van der Waals surface area contributed by atoms with Gasteiger partial charge >= 0.3 is 0 Å². The van der Waals surface area contributed by atoms with Crippen LogP contribution < -0.4 is 22.5 Å². The average Bonchev–Trinajstić information content (AvgIpc) is 1.83. The van der Waals surface area contributed by atoms with Gasteiger partial charge in [0.25, 0.3) is 0 Å². The molecule has 4 heteroatoms. The van der Waals surface area contributed by atoms with Crippen molar-refractivity contribution in [3.05, 3.63) is 23.3 Å².